The number of anilines is 2. The number of carbonyl (C=O) groups excluding carboxylic acids is 1. The van der Waals surface area contributed by atoms with Crippen molar-refractivity contribution in [2.45, 2.75) is 104 Å². The number of hydrogen-bond acceptors (Lipinski definition) is 8. The van der Waals surface area contributed by atoms with E-state index in [0.29, 0.717) is 28.4 Å². The van der Waals surface area contributed by atoms with E-state index in [0.717, 1.165) is 44.0 Å². The van der Waals surface area contributed by atoms with E-state index in [1.807, 2.05) is 6.20 Å². The highest BCUT2D eigenvalue weighted by atomic mass is 79.9. The molecular weight excluding hydrogens is 562 g/mol. The molecule has 1 saturated heterocycles. The molecule has 0 spiro atoms. The SMILES string of the molecule is CC1(C)CB(c2ccc([13C](C)([13CH3])[13CH3])nc2)OC1(C)C.COC1CCC(Nc2nc(Br)cnc2N[13CH2][13CH]=O)CC1. The highest BCUT2D eigenvalue weighted by molar-refractivity contribution is 9.10. The molecule has 0 atom stereocenters. The fraction of sp³-hybridized carbons (Fsp3) is 0.655. The summed E-state index contributed by atoms with van der Waals surface area (Å²) < 4.78 is 12.3. The van der Waals surface area contributed by atoms with Crippen molar-refractivity contribution in [3.8, 4) is 0 Å². The molecule has 1 aliphatic carbocycles. The second kappa shape index (κ2) is 13.1. The highest BCUT2D eigenvalue weighted by Crippen LogP contribution is 2.45. The number of methoxy groups -OCH3 is 1. The van der Waals surface area contributed by atoms with Gasteiger partial charge in [0.2, 0.25) is 0 Å². The van der Waals surface area contributed by atoms with Crippen LogP contribution in [0.5, 0.6) is 0 Å². The van der Waals surface area contributed by atoms with Gasteiger partial charge in [-0.1, -0.05) is 40.7 Å². The highest BCUT2D eigenvalue weighted by Gasteiger charge is 2.49. The van der Waals surface area contributed by atoms with Gasteiger partial charge in [-0.25, -0.2) is 9.97 Å². The van der Waals surface area contributed by atoms with Crippen LogP contribution in [0.4, 0.5) is 11.6 Å². The Morgan fingerprint density at radius 1 is 1.10 bits per heavy atom. The minimum Gasteiger partial charge on any atom is -0.425 e. The van der Waals surface area contributed by atoms with Crippen molar-refractivity contribution in [3.05, 3.63) is 34.8 Å². The lowest BCUT2D eigenvalue weighted by molar-refractivity contribution is -0.106. The number of rotatable bonds is 7. The Kier molecular flexibility index (Phi) is 10.6. The standard InChI is InChI=1S/C16H26BNO.C13H19BrN4O2/c1-14(2,3)13-9-8-12(10-18-13)17-11-15(4,5)16(6,7)19-17;1-20-10-4-2-9(3-5-10)17-13-12(15-6-7-19)16-8-11(14)18-13/h8-10H,11H2,1-7H3;7-10H,2-6H2,1H3,(H,15,16)(H,17,18)/i1+1,2+1,14+1;6+1,7+1. The van der Waals surface area contributed by atoms with Gasteiger partial charge in [0.25, 0.3) is 0 Å². The number of ether oxygens (including phenoxy) is 1. The number of pyridine rings is 1. The second-order valence-corrected chi connectivity index (χ2v) is 13.5. The quantitative estimate of drug-likeness (QED) is 0.238. The summed E-state index contributed by atoms with van der Waals surface area (Å²) in [6.07, 6.45) is 10.0. The first-order valence-electron chi connectivity index (χ1n) is 13.9. The smallest absolute Gasteiger partial charge is 0.329 e. The van der Waals surface area contributed by atoms with Crippen molar-refractivity contribution in [1.29, 1.82) is 0 Å². The van der Waals surface area contributed by atoms with Gasteiger partial charge in [-0.2, -0.15) is 0 Å². The van der Waals surface area contributed by atoms with Gasteiger partial charge in [0.1, 0.15) is 10.9 Å². The number of carbonyl (C=O) groups is 1. The molecule has 0 amide bonds. The number of halogens is 1. The molecule has 2 aromatic rings. The van der Waals surface area contributed by atoms with Gasteiger partial charge in [0.05, 0.1) is 24.4 Å². The van der Waals surface area contributed by atoms with Crippen LogP contribution in [0, 0.1) is 5.41 Å². The number of aromatic nitrogens is 3. The van der Waals surface area contributed by atoms with E-state index < -0.39 is 0 Å². The van der Waals surface area contributed by atoms with Gasteiger partial charge in [0, 0.05) is 30.5 Å². The van der Waals surface area contributed by atoms with Crippen LogP contribution in [0.1, 0.15) is 79.8 Å². The zero-order chi connectivity index (χ0) is 28.8. The molecule has 2 N–H and O–H groups in total. The average Bonchev–Trinajstić information content (AvgIpc) is 3.10. The normalized spacial score (nSPS) is 22.0. The number of hydrogen-bond donors (Lipinski definition) is 2. The van der Waals surface area contributed by atoms with Gasteiger partial charge < -0.3 is 24.8 Å². The summed E-state index contributed by atoms with van der Waals surface area (Å²) in [5, 5.41) is 6.36. The van der Waals surface area contributed by atoms with Crippen LogP contribution in [0.25, 0.3) is 0 Å². The monoisotopic (exact) mass is 606 g/mol. The summed E-state index contributed by atoms with van der Waals surface area (Å²) in [6.45, 7) is 15.9. The topological polar surface area (TPSA) is 98.3 Å². The molecule has 39 heavy (non-hydrogen) atoms. The molecule has 8 nitrogen and oxygen atoms in total. The molecule has 2 aromatic heterocycles. The molecule has 0 aromatic carbocycles. The first-order chi connectivity index (χ1) is 18.3. The minimum atomic E-state index is -0.0830. The molecule has 4 rings (SSSR count). The van der Waals surface area contributed by atoms with Crippen LogP contribution in [-0.4, -0.2) is 59.6 Å². The van der Waals surface area contributed by atoms with Crippen LogP contribution < -0.4 is 16.1 Å². The summed E-state index contributed by atoms with van der Waals surface area (Å²) in [5.74, 6) is 1.29. The van der Waals surface area contributed by atoms with Crippen LogP contribution in [-0.2, 0) is 19.6 Å². The summed E-state index contributed by atoms with van der Waals surface area (Å²) in [5.41, 5.74) is 2.55. The Balaban J connectivity index is 0.000000216. The minimum absolute atomic E-state index is 0.0830. The molecule has 0 unspecified atom stereocenters. The van der Waals surface area contributed by atoms with Crippen molar-refractivity contribution < 1.29 is 14.2 Å². The Labute approximate surface area is 243 Å². The Bertz CT molecular complexity index is 1070. The van der Waals surface area contributed by atoms with Gasteiger partial charge in [-0.15, -0.1) is 0 Å². The Morgan fingerprint density at radius 2 is 1.79 bits per heavy atom. The Hall–Kier alpha value is -2.04. The molecule has 2 aliphatic rings. The molecular formula is C29H45BBrN5O3. The summed E-state index contributed by atoms with van der Waals surface area (Å²) in [7, 11) is 1.76. The number of aldehydes is 1. The van der Waals surface area contributed by atoms with Crippen molar-refractivity contribution in [3.63, 3.8) is 0 Å². The molecule has 0 radical (unpaired) electrons. The number of nitrogens with zero attached hydrogens (tertiary/aromatic N) is 3. The van der Waals surface area contributed by atoms with Crippen LogP contribution >= 0.6 is 15.9 Å². The van der Waals surface area contributed by atoms with E-state index >= 15 is 0 Å². The predicted octanol–water partition coefficient (Wildman–Crippen LogP) is 5.63. The molecule has 3 heterocycles. The molecule has 1 saturated carbocycles. The molecule has 10 heteroatoms. The molecule has 2 fully saturated rings. The predicted molar refractivity (Wildman–Crippen MR) is 163 cm³/mol. The summed E-state index contributed by atoms with van der Waals surface area (Å²) in [4.78, 5) is 23.7. The van der Waals surface area contributed by atoms with E-state index in [1.165, 1.54) is 5.46 Å². The first kappa shape index (κ1) is 31.5. The van der Waals surface area contributed by atoms with Gasteiger partial charge in [-0.3, -0.25) is 4.98 Å². The van der Waals surface area contributed by atoms with E-state index in [4.69, 9.17) is 9.39 Å². The zero-order valence-electron chi connectivity index (χ0n) is 24.8. The lowest BCUT2D eigenvalue weighted by Crippen LogP contribution is -2.36. The third kappa shape index (κ3) is 8.48. The van der Waals surface area contributed by atoms with E-state index in [9.17, 15) is 4.79 Å². The fourth-order valence-corrected chi connectivity index (χ4v) is 5.14. The Morgan fingerprint density at radius 3 is 2.31 bits per heavy atom. The lowest BCUT2D eigenvalue weighted by atomic mass is 9.54. The van der Waals surface area contributed by atoms with Gasteiger partial charge >= 0.3 is 6.92 Å². The average molecular weight is 607 g/mol. The van der Waals surface area contributed by atoms with E-state index in [-0.39, 0.29) is 29.9 Å². The zero-order valence-corrected chi connectivity index (χ0v) is 26.4. The van der Waals surface area contributed by atoms with Crippen LogP contribution in [0.3, 0.4) is 0 Å². The molecule has 0 bridgehead atoms. The maximum absolute atomic E-state index is 10.5. The van der Waals surface area contributed by atoms with Gasteiger partial charge in [0.15, 0.2) is 11.6 Å². The first-order valence-corrected chi connectivity index (χ1v) is 14.7. The maximum Gasteiger partial charge on any atom is 0.329 e. The largest absolute Gasteiger partial charge is 0.425 e. The third-order valence-electron chi connectivity index (χ3n) is 8.13. The van der Waals surface area contributed by atoms with Crippen LogP contribution in [0.15, 0.2) is 29.1 Å². The second-order valence-electron chi connectivity index (χ2n) is 12.7. The van der Waals surface area contributed by atoms with Crippen LogP contribution in [0.2, 0.25) is 6.32 Å². The van der Waals surface area contributed by atoms with Crippen molar-refractivity contribution in [2.75, 3.05) is 24.3 Å². The summed E-state index contributed by atoms with van der Waals surface area (Å²) in [6, 6.07) is 4.68. The van der Waals surface area contributed by atoms with E-state index in [2.05, 4.69) is 102 Å². The van der Waals surface area contributed by atoms with Crippen molar-refractivity contribution in [1.82, 2.24) is 15.0 Å². The molecule has 214 valence electrons. The van der Waals surface area contributed by atoms with Crippen molar-refractivity contribution in [2.24, 2.45) is 5.41 Å². The fourth-order valence-electron chi connectivity index (χ4n) is 4.86. The third-order valence-corrected chi connectivity index (χ3v) is 8.52. The summed E-state index contributed by atoms with van der Waals surface area (Å²) >= 11 is 3.32. The van der Waals surface area contributed by atoms with E-state index in [1.54, 1.807) is 13.3 Å². The maximum atomic E-state index is 10.5. The number of nitrogens with one attached hydrogen (secondary N) is 2. The molecule has 1 aliphatic heterocycles. The lowest BCUT2D eigenvalue weighted by Gasteiger charge is -2.34. The van der Waals surface area contributed by atoms with Gasteiger partial charge in [-0.05, 0) is 78.7 Å². The van der Waals surface area contributed by atoms with Crippen molar-refractivity contribution >= 4 is 46.2 Å².